The molecule has 0 radical (unpaired) electrons. The van der Waals surface area contributed by atoms with Gasteiger partial charge in [-0.05, 0) is 38.1 Å². The molecule has 1 aliphatic heterocycles. The van der Waals surface area contributed by atoms with Gasteiger partial charge in [0.15, 0.2) is 0 Å². The lowest BCUT2D eigenvalue weighted by atomic mass is 10.0. The first-order valence-corrected chi connectivity index (χ1v) is 11.6. The number of hydrogen-bond acceptors (Lipinski definition) is 7. The van der Waals surface area contributed by atoms with Crippen LogP contribution in [0.2, 0.25) is 0 Å². The summed E-state index contributed by atoms with van der Waals surface area (Å²) < 4.78 is 13.4. The van der Waals surface area contributed by atoms with E-state index < -0.39 is 0 Å². The Bertz CT molecular complexity index is 889. The molecule has 1 amide bonds. The summed E-state index contributed by atoms with van der Waals surface area (Å²) in [5, 5.41) is 18.1. The molecule has 0 unspecified atom stereocenters. The molecule has 9 nitrogen and oxygen atoms in total. The van der Waals surface area contributed by atoms with Crippen molar-refractivity contribution < 1.29 is 19.4 Å². The van der Waals surface area contributed by atoms with E-state index in [-0.39, 0.29) is 30.6 Å². The van der Waals surface area contributed by atoms with Gasteiger partial charge in [-0.25, -0.2) is 0 Å². The van der Waals surface area contributed by atoms with Gasteiger partial charge in [0.2, 0.25) is 5.91 Å². The molecule has 9 heteroatoms. The first-order chi connectivity index (χ1) is 15.9. The van der Waals surface area contributed by atoms with E-state index in [0.29, 0.717) is 39.1 Å². The number of carbonyl (C=O) groups excluding carboxylic acids is 1. The van der Waals surface area contributed by atoms with E-state index in [1.807, 2.05) is 31.3 Å². The molecular formula is C24H37N5O4. The molecule has 0 fully saturated rings. The normalized spacial score (nSPS) is 21.3. The highest BCUT2D eigenvalue weighted by Gasteiger charge is 2.28. The molecular weight excluding hydrogens is 422 g/mol. The second-order valence-electron chi connectivity index (χ2n) is 9.03. The molecule has 3 atom stereocenters. The summed E-state index contributed by atoms with van der Waals surface area (Å²) in [5.41, 5.74) is 1.94. The molecule has 182 valence electrons. The lowest BCUT2D eigenvalue weighted by molar-refractivity contribution is -0.136. The number of methoxy groups -OCH3 is 1. The monoisotopic (exact) mass is 459 g/mol. The lowest BCUT2D eigenvalue weighted by Crippen LogP contribution is -2.47. The molecule has 3 rings (SSSR count). The number of rotatable bonds is 7. The Hall–Kier alpha value is -2.49. The molecule has 2 heterocycles. The number of likely N-dealkylation sites (N-methyl/N-ethyl adjacent to an activating group) is 1. The van der Waals surface area contributed by atoms with Crippen molar-refractivity contribution in [3.8, 4) is 5.75 Å². The number of aliphatic hydroxyl groups excluding tert-OH is 1. The van der Waals surface area contributed by atoms with Crippen molar-refractivity contribution >= 4 is 5.91 Å². The number of amides is 1. The second kappa shape index (κ2) is 12.1. The maximum absolute atomic E-state index is 13.0. The van der Waals surface area contributed by atoms with Crippen LogP contribution in [0, 0.1) is 5.92 Å². The molecule has 2 bridgehead atoms. The van der Waals surface area contributed by atoms with Crippen LogP contribution in [0.5, 0.6) is 5.75 Å². The summed E-state index contributed by atoms with van der Waals surface area (Å²) in [6.07, 6.45) is 2.84. The lowest BCUT2D eigenvalue weighted by Gasteiger charge is -2.35. The van der Waals surface area contributed by atoms with Gasteiger partial charge in [-0.1, -0.05) is 24.3 Å². The van der Waals surface area contributed by atoms with Gasteiger partial charge in [0.1, 0.15) is 11.4 Å². The van der Waals surface area contributed by atoms with Gasteiger partial charge in [0.05, 0.1) is 38.7 Å². The largest absolute Gasteiger partial charge is 0.497 e. The zero-order chi connectivity index (χ0) is 23.8. The maximum atomic E-state index is 13.0. The van der Waals surface area contributed by atoms with Crippen LogP contribution in [0.25, 0.3) is 0 Å². The zero-order valence-electron chi connectivity index (χ0n) is 20.2. The third-order valence-electron chi connectivity index (χ3n) is 6.12. The van der Waals surface area contributed by atoms with Crippen molar-refractivity contribution in [2.24, 2.45) is 5.92 Å². The van der Waals surface area contributed by atoms with E-state index in [1.165, 1.54) is 0 Å². The Morgan fingerprint density at radius 3 is 2.97 bits per heavy atom. The van der Waals surface area contributed by atoms with Crippen LogP contribution >= 0.6 is 0 Å². The number of hydrogen-bond donors (Lipinski definition) is 1. The number of aliphatic hydroxyl groups is 1. The highest BCUT2D eigenvalue weighted by Crippen LogP contribution is 2.19. The minimum atomic E-state index is -0.238. The third-order valence-corrected chi connectivity index (χ3v) is 6.12. The van der Waals surface area contributed by atoms with Crippen LogP contribution in [0.3, 0.4) is 0 Å². The Kier molecular flexibility index (Phi) is 9.22. The number of ether oxygens (including phenoxy) is 2. The van der Waals surface area contributed by atoms with Gasteiger partial charge in [-0.3, -0.25) is 14.4 Å². The minimum Gasteiger partial charge on any atom is -0.497 e. The van der Waals surface area contributed by atoms with E-state index in [2.05, 4.69) is 35.2 Å². The quantitative estimate of drug-likeness (QED) is 0.676. The molecule has 1 aromatic heterocycles. The van der Waals surface area contributed by atoms with Crippen molar-refractivity contribution in [3.05, 3.63) is 41.7 Å². The van der Waals surface area contributed by atoms with Gasteiger partial charge in [-0.15, -0.1) is 5.10 Å². The maximum Gasteiger partial charge on any atom is 0.222 e. The topological polar surface area (TPSA) is 93.0 Å². The van der Waals surface area contributed by atoms with Gasteiger partial charge in [0.25, 0.3) is 0 Å². The number of aryl methyl sites for hydroxylation is 1. The summed E-state index contributed by atoms with van der Waals surface area (Å²) in [5.74, 6) is 0.945. The second-order valence-corrected chi connectivity index (χ2v) is 9.03. The summed E-state index contributed by atoms with van der Waals surface area (Å²) in [7, 11) is 3.73. The van der Waals surface area contributed by atoms with Gasteiger partial charge in [-0.2, -0.15) is 0 Å². The number of aromatic nitrogens is 3. The number of nitrogens with zero attached hydrogens (tertiary/aromatic N) is 5. The standard InChI is InChI=1S/C24H37N5O4/c1-18-12-29(19(2)16-30)24(31)9-6-10-28-14-21(25-26-28)17-33-23(18)15-27(3)13-20-7-5-8-22(11-20)32-4/h5,7-8,11,14,18-19,23,30H,6,9-10,12-13,15-17H2,1-4H3/t18-,19+,23+/m0/s1. The Balaban J connectivity index is 1.75. The van der Waals surface area contributed by atoms with Crippen molar-refractivity contribution in [2.45, 2.75) is 58.5 Å². The average molecular weight is 460 g/mol. The zero-order valence-corrected chi connectivity index (χ0v) is 20.2. The van der Waals surface area contributed by atoms with E-state index >= 15 is 0 Å². The SMILES string of the molecule is COc1cccc(CN(C)C[C@H]2OCc3cn(nn3)CCCC(=O)N([C@H](C)CO)C[C@@H]2C)c1. The van der Waals surface area contributed by atoms with Crippen molar-refractivity contribution in [3.63, 3.8) is 0 Å². The molecule has 0 aliphatic carbocycles. The average Bonchev–Trinajstić information content (AvgIpc) is 3.26. The van der Waals surface area contributed by atoms with E-state index in [4.69, 9.17) is 9.47 Å². The summed E-state index contributed by atoms with van der Waals surface area (Å²) in [6.45, 7) is 6.88. The molecule has 0 saturated heterocycles. The van der Waals surface area contributed by atoms with Gasteiger partial charge >= 0.3 is 0 Å². The molecule has 1 aliphatic rings. The number of benzene rings is 1. The molecule has 0 spiro atoms. The van der Waals surface area contributed by atoms with Crippen molar-refractivity contribution in [2.75, 3.05) is 33.9 Å². The highest BCUT2D eigenvalue weighted by atomic mass is 16.5. The van der Waals surface area contributed by atoms with Crippen LogP contribution in [-0.4, -0.2) is 81.8 Å². The summed E-state index contributed by atoms with van der Waals surface area (Å²) in [6, 6.07) is 7.80. The van der Waals surface area contributed by atoms with Gasteiger partial charge < -0.3 is 19.5 Å². The smallest absolute Gasteiger partial charge is 0.222 e. The summed E-state index contributed by atoms with van der Waals surface area (Å²) >= 11 is 0. The molecule has 2 aromatic rings. The van der Waals surface area contributed by atoms with Gasteiger partial charge in [0, 0.05) is 38.5 Å². The Morgan fingerprint density at radius 1 is 1.39 bits per heavy atom. The summed E-state index contributed by atoms with van der Waals surface area (Å²) in [4.78, 5) is 17.0. The van der Waals surface area contributed by atoms with Crippen LogP contribution in [-0.2, 0) is 29.2 Å². The molecule has 1 N–H and O–H groups in total. The van der Waals surface area contributed by atoms with Crippen LogP contribution in [0.15, 0.2) is 30.5 Å². The minimum absolute atomic E-state index is 0.0477. The van der Waals surface area contributed by atoms with Crippen LogP contribution in [0.1, 0.15) is 37.9 Å². The number of fused-ring (bicyclic) bond motifs is 2. The fourth-order valence-corrected chi connectivity index (χ4v) is 4.15. The molecule has 33 heavy (non-hydrogen) atoms. The molecule has 0 saturated carbocycles. The predicted octanol–water partition coefficient (Wildman–Crippen LogP) is 1.94. The molecule has 1 aromatic carbocycles. The fourth-order valence-electron chi connectivity index (χ4n) is 4.15. The van der Waals surface area contributed by atoms with Crippen LogP contribution < -0.4 is 4.74 Å². The van der Waals surface area contributed by atoms with Crippen molar-refractivity contribution in [1.82, 2.24) is 24.8 Å². The Morgan fingerprint density at radius 2 is 2.21 bits per heavy atom. The third kappa shape index (κ3) is 7.25. The van der Waals surface area contributed by atoms with E-state index in [0.717, 1.165) is 23.6 Å². The highest BCUT2D eigenvalue weighted by molar-refractivity contribution is 5.76. The van der Waals surface area contributed by atoms with Crippen LogP contribution in [0.4, 0.5) is 0 Å². The van der Waals surface area contributed by atoms with E-state index in [1.54, 1.807) is 16.7 Å². The number of carbonyl (C=O) groups is 1. The fraction of sp³-hybridized carbons (Fsp3) is 0.625. The van der Waals surface area contributed by atoms with Crippen molar-refractivity contribution in [1.29, 1.82) is 0 Å². The predicted molar refractivity (Wildman–Crippen MR) is 125 cm³/mol. The van der Waals surface area contributed by atoms with E-state index in [9.17, 15) is 9.90 Å². The first kappa shape index (κ1) is 25.1. The Labute approximate surface area is 196 Å². The first-order valence-electron chi connectivity index (χ1n) is 11.6.